The van der Waals surface area contributed by atoms with Gasteiger partial charge in [0.25, 0.3) is 15.9 Å². The summed E-state index contributed by atoms with van der Waals surface area (Å²) in [6.45, 7) is 1.92. The maximum absolute atomic E-state index is 12.6. The molecule has 0 heterocycles. The van der Waals surface area contributed by atoms with E-state index in [1.807, 2.05) is 25.1 Å². The van der Waals surface area contributed by atoms with Crippen LogP contribution in [0.1, 0.15) is 15.9 Å². The summed E-state index contributed by atoms with van der Waals surface area (Å²) in [4.78, 5) is 12.5. The molecule has 0 aliphatic heterocycles. The molecule has 1 amide bonds. The predicted molar refractivity (Wildman–Crippen MR) is 108 cm³/mol. The average Bonchev–Trinajstić information content (AvgIpc) is 2.63. The molecule has 0 atom stereocenters. The smallest absolute Gasteiger partial charge is 0.261 e. The van der Waals surface area contributed by atoms with E-state index in [4.69, 9.17) is 11.6 Å². The lowest BCUT2D eigenvalue weighted by molar-refractivity contribution is 0.102. The zero-order valence-electron chi connectivity index (χ0n) is 14.4. The molecular weight excluding hydrogens is 384 g/mol. The third-order valence-electron chi connectivity index (χ3n) is 3.78. The summed E-state index contributed by atoms with van der Waals surface area (Å²) in [6.07, 6.45) is 0. The van der Waals surface area contributed by atoms with Crippen molar-refractivity contribution in [1.29, 1.82) is 0 Å². The number of carbonyl (C=O) groups is 1. The fourth-order valence-corrected chi connectivity index (χ4v) is 3.69. The highest BCUT2D eigenvalue weighted by atomic mass is 35.5. The second-order valence-corrected chi connectivity index (χ2v) is 8.08. The van der Waals surface area contributed by atoms with E-state index < -0.39 is 10.0 Å². The summed E-state index contributed by atoms with van der Waals surface area (Å²) in [6, 6.07) is 19.5. The van der Waals surface area contributed by atoms with Crippen LogP contribution in [0.3, 0.4) is 0 Å². The normalized spacial score (nSPS) is 11.0. The molecule has 3 aromatic carbocycles. The molecule has 3 rings (SSSR count). The quantitative estimate of drug-likeness (QED) is 0.651. The van der Waals surface area contributed by atoms with Gasteiger partial charge < -0.3 is 5.32 Å². The van der Waals surface area contributed by atoms with Crippen molar-refractivity contribution in [1.82, 2.24) is 0 Å². The molecule has 0 spiro atoms. The van der Waals surface area contributed by atoms with Crippen LogP contribution in [0.2, 0.25) is 5.02 Å². The largest absolute Gasteiger partial charge is 0.322 e. The molecule has 138 valence electrons. The van der Waals surface area contributed by atoms with E-state index in [0.717, 1.165) is 5.56 Å². The van der Waals surface area contributed by atoms with Crippen LogP contribution >= 0.6 is 11.6 Å². The van der Waals surface area contributed by atoms with E-state index in [1.54, 1.807) is 36.4 Å². The number of benzene rings is 3. The van der Waals surface area contributed by atoms with E-state index >= 15 is 0 Å². The van der Waals surface area contributed by atoms with Gasteiger partial charge in [0, 0.05) is 22.0 Å². The Morgan fingerprint density at radius 3 is 2.30 bits per heavy atom. The number of rotatable bonds is 5. The van der Waals surface area contributed by atoms with E-state index in [9.17, 15) is 13.2 Å². The molecule has 0 fully saturated rings. The standard InChI is InChI=1S/C20H17ClN2O3S/c1-14-4-2-6-18(12-14)22-20(24)15-5-3-7-19(13-15)27(25,26)23-17-10-8-16(21)9-11-17/h2-13,23H,1H3,(H,22,24). The van der Waals surface area contributed by atoms with Crippen molar-refractivity contribution in [2.75, 3.05) is 10.0 Å². The Bertz CT molecular complexity index is 1080. The molecule has 0 radical (unpaired) electrons. The highest BCUT2D eigenvalue weighted by Gasteiger charge is 2.16. The van der Waals surface area contributed by atoms with Crippen LogP contribution < -0.4 is 10.0 Å². The van der Waals surface area contributed by atoms with Gasteiger partial charge in [0.05, 0.1) is 4.90 Å². The van der Waals surface area contributed by atoms with Crippen LogP contribution in [0.4, 0.5) is 11.4 Å². The molecule has 0 aliphatic rings. The molecule has 5 nitrogen and oxygen atoms in total. The third-order valence-corrected chi connectivity index (χ3v) is 5.41. The second-order valence-electron chi connectivity index (χ2n) is 5.96. The van der Waals surface area contributed by atoms with Gasteiger partial charge in [0.1, 0.15) is 0 Å². The van der Waals surface area contributed by atoms with Crippen molar-refractivity contribution in [2.45, 2.75) is 11.8 Å². The number of aryl methyl sites for hydroxylation is 1. The summed E-state index contributed by atoms with van der Waals surface area (Å²) >= 11 is 5.81. The van der Waals surface area contributed by atoms with Gasteiger partial charge in [0.2, 0.25) is 0 Å². The summed E-state index contributed by atoms with van der Waals surface area (Å²) < 4.78 is 27.6. The molecule has 0 aliphatic carbocycles. The minimum absolute atomic E-state index is 0.00524. The van der Waals surface area contributed by atoms with Crippen LogP contribution in [0, 0.1) is 6.92 Å². The number of anilines is 2. The topological polar surface area (TPSA) is 75.3 Å². The number of sulfonamides is 1. The van der Waals surface area contributed by atoms with Crippen molar-refractivity contribution >= 4 is 38.9 Å². The lowest BCUT2D eigenvalue weighted by atomic mass is 10.2. The average molecular weight is 401 g/mol. The SMILES string of the molecule is Cc1cccc(NC(=O)c2cccc(S(=O)(=O)Nc3ccc(Cl)cc3)c2)c1. The summed E-state index contributed by atoms with van der Waals surface area (Å²) in [5.41, 5.74) is 2.29. The van der Waals surface area contributed by atoms with Gasteiger partial charge in [0.15, 0.2) is 0 Å². The van der Waals surface area contributed by atoms with E-state index in [2.05, 4.69) is 10.0 Å². The lowest BCUT2D eigenvalue weighted by Crippen LogP contribution is -2.16. The zero-order valence-corrected chi connectivity index (χ0v) is 16.0. The number of halogens is 1. The lowest BCUT2D eigenvalue weighted by Gasteiger charge is -2.10. The Morgan fingerprint density at radius 2 is 1.59 bits per heavy atom. The summed E-state index contributed by atoms with van der Waals surface area (Å²) in [5.74, 6) is -0.385. The maximum atomic E-state index is 12.6. The molecule has 0 aromatic heterocycles. The van der Waals surface area contributed by atoms with Crippen molar-refractivity contribution in [3.05, 3.63) is 88.9 Å². The Hall–Kier alpha value is -2.83. The van der Waals surface area contributed by atoms with Crippen molar-refractivity contribution < 1.29 is 13.2 Å². The fourth-order valence-electron chi connectivity index (χ4n) is 2.46. The second kappa shape index (κ2) is 7.82. The van der Waals surface area contributed by atoms with E-state index in [0.29, 0.717) is 16.4 Å². The minimum Gasteiger partial charge on any atom is -0.322 e. The Kier molecular flexibility index (Phi) is 5.48. The number of carbonyl (C=O) groups excluding carboxylic acids is 1. The van der Waals surface area contributed by atoms with Crippen molar-refractivity contribution in [3.8, 4) is 0 Å². The fraction of sp³-hybridized carbons (Fsp3) is 0.0500. The van der Waals surface area contributed by atoms with Gasteiger partial charge >= 0.3 is 0 Å². The first-order valence-corrected chi connectivity index (χ1v) is 9.96. The van der Waals surface area contributed by atoms with Crippen LogP contribution in [0.5, 0.6) is 0 Å². The van der Waals surface area contributed by atoms with Gasteiger partial charge in [-0.3, -0.25) is 9.52 Å². The molecule has 2 N–H and O–H groups in total. The van der Waals surface area contributed by atoms with Crippen LogP contribution in [-0.2, 0) is 10.0 Å². The van der Waals surface area contributed by atoms with Gasteiger partial charge in [-0.2, -0.15) is 0 Å². The summed E-state index contributed by atoms with van der Waals surface area (Å²) in [7, 11) is -3.83. The first-order chi connectivity index (χ1) is 12.8. The van der Waals surface area contributed by atoms with Crippen LogP contribution in [-0.4, -0.2) is 14.3 Å². The maximum Gasteiger partial charge on any atom is 0.261 e. The Labute approximate surface area is 163 Å². The first kappa shape index (κ1) is 18.9. The Morgan fingerprint density at radius 1 is 0.889 bits per heavy atom. The zero-order chi connectivity index (χ0) is 19.4. The molecule has 3 aromatic rings. The third kappa shape index (κ3) is 4.87. The van der Waals surface area contributed by atoms with E-state index in [1.165, 1.54) is 18.2 Å². The number of nitrogens with one attached hydrogen (secondary N) is 2. The van der Waals surface area contributed by atoms with Crippen LogP contribution in [0.15, 0.2) is 77.7 Å². The van der Waals surface area contributed by atoms with Gasteiger partial charge in [-0.05, 0) is 67.1 Å². The minimum atomic E-state index is -3.83. The summed E-state index contributed by atoms with van der Waals surface area (Å²) in [5, 5.41) is 3.27. The predicted octanol–water partition coefficient (Wildman–Crippen LogP) is 4.70. The van der Waals surface area contributed by atoms with Crippen molar-refractivity contribution in [3.63, 3.8) is 0 Å². The van der Waals surface area contributed by atoms with Crippen LogP contribution in [0.25, 0.3) is 0 Å². The van der Waals surface area contributed by atoms with Gasteiger partial charge in [-0.25, -0.2) is 8.42 Å². The highest BCUT2D eigenvalue weighted by molar-refractivity contribution is 7.92. The monoisotopic (exact) mass is 400 g/mol. The number of hydrogen-bond acceptors (Lipinski definition) is 3. The number of amides is 1. The van der Waals surface area contributed by atoms with Gasteiger partial charge in [-0.15, -0.1) is 0 Å². The molecule has 0 saturated heterocycles. The highest BCUT2D eigenvalue weighted by Crippen LogP contribution is 2.20. The first-order valence-electron chi connectivity index (χ1n) is 8.10. The van der Waals surface area contributed by atoms with Crippen molar-refractivity contribution in [2.24, 2.45) is 0 Å². The molecule has 27 heavy (non-hydrogen) atoms. The molecule has 0 saturated carbocycles. The van der Waals surface area contributed by atoms with Gasteiger partial charge in [-0.1, -0.05) is 29.8 Å². The Balaban J connectivity index is 1.81. The molecule has 0 bridgehead atoms. The molecule has 0 unspecified atom stereocenters. The molecular formula is C20H17ClN2O3S. The number of hydrogen-bond donors (Lipinski definition) is 2. The van der Waals surface area contributed by atoms with E-state index in [-0.39, 0.29) is 16.4 Å². The molecule has 7 heteroatoms.